The van der Waals surface area contributed by atoms with E-state index in [9.17, 15) is 9.18 Å². The molecule has 5 nitrogen and oxygen atoms in total. The maximum atomic E-state index is 13.1. The molecule has 0 atom stereocenters. The van der Waals surface area contributed by atoms with Gasteiger partial charge in [0.05, 0.1) is 6.42 Å². The standard InChI is InChI=1S/C13H15FN4O/c1-2-5-18-13(16-8-17-18)7-12(19)10-6-9(14)3-4-11(10)15/h3-4,6,8H,2,5,7,15H2,1H3. The van der Waals surface area contributed by atoms with Crippen LogP contribution in [0.2, 0.25) is 0 Å². The number of hydrogen-bond acceptors (Lipinski definition) is 4. The van der Waals surface area contributed by atoms with E-state index in [1.807, 2.05) is 6.92 Å². The highest BCUT2D eigenvalue weighted by Gasteiger charge is 2.15. The Morgan fingerprint density at radius 3 is 3.00 bits per heavy atom. The lowest BCUT2D eigenvalue weighted by Gasteiger charge is -2.06. The van der Waals surface area contributed by atoms with Crippen LogP contribution < -0.4 is 5.73 Å². The van der Waals surface area contributed by atoms with Crippen molar-refractivity contribution in [1.82, 2.24) is 14.8 Å². The number of nitrogen functional groups attached to an aromatic ring is 1. The third-order valence-corrected chi connectivity index (χ3v) is 2.77. The number of halogens is 1. The van der Waals surface area contributed by atoms with Crippen molar-refractivity contribution in [2.45, 2.75) is 26.3 Å². The molecular formula is C13H15FN4O. The van der Waals surface area contributed by atoms with E-state index in [4.69, 9.17) is 5.73 Å². The zero-order valence-electron chi connectivity index (χ0n) is 10.6. The van der Waals surface area contributed by atoms with Crippen molar-refractivity contribution in [3.05, 3.63) is 41.7 Å². The Bertz CT molecular complexity index is 594. The number of aromatic nitrogens is 3. The number of rotatable bonds is 5. The van der Waals surface area contributed by atoms with Gasteiger partial charge in [-0.25, -0.2) is 14.1 Å². The molecule has 0 saturated heterocycles. The normalized spacial score (nSPS) is 10.6. The summed E-state index contributed by atoms with van der Waals surface area (Å²) in [5.74, 6) is -0.176. The fourth-order valence-electron chi connectivity index (χ4n) is 1.83. The van der Waals surface area contributed by atoms with Crippen LogP contribution >= 0.6 is 0 Å². The molecule has 1 aromatic heterocycles. The maximum absolute atomic E-state index is 13.1. The van der Waals surface area contributed by atoms with Crippen LogP contribution in [-0.2, 0) is 13.0 Å². The highest BCUT2D eigenvalue weighted by Crippen LogP contribution is 2.15. The summed E-state index contributed by atoms with van der Waals surface area (Å²) in [5.41, 5.74) is 6.14. The second kappa shape index (κ2) is 5.60. The quantitative estimate of drug-likeness (QED) is 0.659. The lowest BCUT2D eigenvalue weighted by molar-refractivity contribution is 0.0989. The average molecular weight is 262 g/mol. The number of aryl methyl sites for hydroxylation is 1. The summed E-state index contributed by atoms with van der Waals surface area (Å²) in [5, 5.41) is 4.04. The summed E-state index contributed by atoms with van der Waals surface area (Å²) in [7, 11) is 0. The van der Waals surface area contributed by atoms with Crippen LogP contribution in [0.15, 0.2) is 24.5 Å². The summed E-state index contributed by atoms with van der Waals surface area (Å²) < 4.78 is 14.8. The number of ketones is 1. The number of Topliss-reactive ketones (excluding diaryl/α,β-unsaturated/α-hetero) is 1. The monoisotopic (exact) mass is 262 g/mol. The predicted octanol–water partition coefficient (Wildman–Crippen LogP) is 1.83. The number of carbonyl (C=O) groups is 1. The molecular weight excluding hydrogens is 247 g/mol. The number of carbonyl (C=O) groups excluding carboxylic acids is 1. The van der Waals surface area contributed by atoms with Crippen molar-refractivity contribution >= 4 is 11.5 Å². The van der Waals surface area contributed by atoms with Gasteiger partial charge in [0.2, 0.25) is 0 Å². The molecule has 0 radical (unpaired) electrons. The van der Waals surface area contributed by atoms with Crippen molar-refractivity contribution in [3.63, 3.8) is 0 Å². The van der Waals surface area contributed by atoms with Gasteiger partial charge in [0.1, 0.15) is 18.0 Å². The minimum Gasteiger partial charge on any atom is -0.398 e. The first-order chi connectivity index (χ1) is 9.11. The summed E-state index contributed by atoms with van der Waals surface area (Å²) in [4.78, 5) is 16.2. The van der Waals surface area contributed by atoms with Crippen LogP contribution in [-0.4, -0.2) is 20.5 Å². The Kier molecular flexibility index (Phi) is 3.89. The first-order valence-corrected chi connectivity index (χ1v) is 6.06. The molecule has 2 N–H and O–H groups in total. The molecule has 0 aliphatic carbocycles. The Morgan fingerprint density at radius 1 is 1.47 bits per heavy atom. The molecule has 2 aromatic rings. The minimum atomic E-state index is -0.479. The fourth-order valence-corrected chi connectivity index (χ4v) is 1.83. The molecule has 2 rings (SSSR count). The SMILES string of the molecule is CCCn1ncnc1CC(=O)c1cc(F)ccc1N. The smallest absolute Gasteiger partial charge is 0.172 e. The highest BCUT2D eigenvalue weighted by atomic mass is 19.1. The highest BCUT2D eigenvalue weighted by molar-refractivity contribution is 6.01. The van der Waals surface area contributed by atoms with E-state index in [0.29, 0.717) is 12.4 Å². The zero-order chi connectivity index (χ0) is 13.8. The maximum Gasteiger partial charge on any atom is 0.172 e. The predicted molar refractivity (Wildman–Crippen MR) is 69.2 cm³/mol. The molecule has 0 fully saturated rings. The second-order valence-electron chi connectivity index (χ2n) is 4.23. The van der Waals surface area contributed by atoms with Crippen LogP contribution in [0.4, 0.5) is 10.1 Å². The molecule has 1 heterocycles. The van der Waals surface area contributed by atoms with Gasteiger partial charge in [-0.1, -0.05) is 6.92 Å². The number of hydrogen-bond donors (Lipinski definition) is 1. The Balaban J connectivity index is 2.21. The molecule has 1 aromatic carbocycles. The van der Waals surface area contributed by atoms with Crippen molar-refractivity contribution in [2.75, 3.05) is 5.73 Å². The summed E-state index contributed by atoms with van der Waals surface area (Å²) in [6.07, 6.45) is 2.37. The number of anilines is 1. The summed E-state index contributed by atoms with van der Waals surface area (Å²) in [6, 6.07) is 3.77. The van der Waals surface area contributed by atoms with E-state index in [1.165, 1.54) is 18.5 Å². The van der Waals surface area contributed by atoms with Gasteiger partial charge in [-0.2, -0.15) is 5.10 Å². The zero-order valence-corrected chi connectivity index (χ0v) is 10.6. The minimum absolute atomic E-state index is 0.0631. The first kappa shape index (κ1) is 13.2. The molecule has 0 aliphatic heterocycles. The van der Waals surface area contributed by atoms with Gasteiger partial charge in [0.25, 0.3) is 0 Å². The van der Waals surface area contributed by atoms with Gasteiger partial charge >= 0.3 is 0 Å². The van der Waals surface area contributed by atoms with Gasteiger partial charge in [-0.05, 0) is 24.6 Å². The van der Waals surface area contributed by atoms with E-state index in [-0.39, 0.29) is 23.5 Å². The first-order valence-electron chi connectivity index (χ1n) is 6.06. The van der Waals surface area contributed by atoms with E-state index >= 15 is 0 Å². The Morgan fingerprint density at radius 2 is 2.26 bits per heavy atom. The van der Waals surface area contributed by atoms with Crippen molar-refractivity contribution in [2.24, 2.45) is 0 Å². The molecule has 19 heavy (non-hydrogen) atoms. The van der Waals surface area contributed by atoms with Crippen molar-refractivity contribution in [1.29, 1.82) is 0 Å². The van der Waals surface area contributed by atoms with Crippen LogP contribution in [0.3, 0.4) is 0 Å². The lowest BCUT2D eigenvalue weighted by Crippen LogP contribution is -2.13. The fraction of sp³-hybridized carbons (Fsp3) is 0.308. The third-order valence-electron chi connectivity index (χ3n) is 2.77. The van der Waals surface area contributed by atoms with Gasteiger partial charge in [-0.3, -0.25) is 4.79 Å². The summed E-state index contributed by atoms with van der Waals surface area (Å²) >= 11 is 0. The van der Waals surface area contributed by atoms with Gasteiger partial charge in [-0.15, -0.1) is 0 Å². The molecule has 0 amide bonds. The van der Waals surface area contributed by atoms with Crippen molar-refractivity contribution < 1.29 is 9.18 Å². The average Bonchev–Trinajstić information content (AvgIpc) is 2.80. The second-order valence-corrected chi connectivity index (χ2v) is 4.23. The van der Waals surface area contributed by atoms with Crippen LogP contribution in [0, 0.1) is 5.82 Å². The van der Waals surface area contributed by atoms with E-state index < -0.39 is 5.82 Å². The van der Waals surface area contributed by atoms with Crippen LogP contribution in [0.1, 0.15) is 29.5 Å². The van der Waals surface area contributed by atoms with E-state index in [1.54, 1.807) is 4.68 Å². The van der Waals surface area contributed by atoms with E-state index in [0.717, 1.165) is 12.5 Å². The molecule has 0 unspecified atom stereocenters. The van der Waals surface area contributed by atoms with Gasteiger partial charge < -0.3 is 5.73 Å². The van der Waals surface area contributed by atoms with Crippen molar-refractivity contribution in [3.8, 4) is 0 Å². The number of nitrogens with two attached hydrogens (primary N) is 1. The number of nitrogens with zero attached hydrogens (tertiary/aromatic N) is 3. The van der Waals surface area contributed by atoms with Crippen LogP contribution in [0.5, 0.6) is 0 Å². The Labute approximate surface area is 110 Å². The summed E-state index contributed by atoms with van der Waals surface area (Å²) in [6.45, 7) is 2.71. The van der Waals surface area contributed by atoms with Crippen LogP contribution in [0.25, 0.3) is 0 Å². The molecule has 0 aliphatic rings. The van der Waals surface area contributed by atoms with Gasteiger partial charge in [0, 0.05) is 17.8 Å². The molecule has 6 heteroatoms. The molecule has 0 saturated carbocycles. The molecule has 0 bridgehead atoms. The topological polar surface area (TPSA) is 73.8 Å². The van der Waals surface area contributed by atoms with Gasteiger partial charge in [0.15, 0.2) is 5.78 Å². The largest absolute Gasteiger partial charge is 0.398 e. The number of benzene rings is 1. The third kappa shape index (κ3) is 2.96. The Hall–Kier alpha value is -2.24. The lowest BCUT2D eigenvalue weighted by atomic mass is 10.1. The molecule has 100 valence electrons. The van der Waals surface area contributed by atoms with E-state index in [2.05, 4.69) is 10.1 Å². The molecule has 0 spiro atoms.